The molecule has 5 heteroatoms. The predicted octanol–water partition coefficient (Wildman–Crippen LogP) is -2.39. The van der Waals surface area contributed by atoms with E-state index < -0.39 is 0 Å². The highest BCUT2D eigenvalue weighted by atomic mass is 79.9. The fourth-order valence-electron chi connectivity index (χ4n) is 0.604. The Labute approximate surface area is 85.6 Å². The Hall–Kier alpha value is -0.610. The molecule has 0 N–H and O–H groups in total. The third-order valence-corrected chi connectivity index (χ3v) is 1.25. The zero-order valence-electron chi connectivity index (χ0n) is 6.33. The number of hydrogen-bond acceptors (Lipinski definition) is 2. The molecule has 1 aromatic heterocycles. The average molecular weight is 252 g/mol. The fraction of sp³-hybridized carbons (Fsp3) is 0.143. The number of hydrogen-bond donors (Lipinski definition) is 0. The summed E-state index contributed by atoms with van der Waals surface area (Å²) in [4.78, 5) is 15.1. The smallest absolute Gasteiger partial charge is 0.377 e. The van der Waals surface area contributed by atoms with Crippen molar-refractivity contribution in [1.29, 1.82) is 0 Å². The first kappa shape index (κ1) is 11.4. The van der Waals surface area contributed by atoms with Gasteiger partial charge in [-0.3, -0.25) is 0 Å². The van der Waals surface area contributed by atoms with Crippen LogP contribution >= 0.6 is 11.6 Å². The van der Waals surface area contributed by atoms with Gasteiger partial charge in [0.25, 0.3) is 0 Å². The first-order chi connectivity index (χ1) is 5.18. The molecule has 0 bridgehead atoms. The number of rotatable bonds is 1. The molecule has 0 aromatic carbocycles. The molecule has 0 saturated carbocycles. The van der Waals surface area contributed by atoms with E-state index in [0.717, 1.165) is 0 Å². The Morgan fingerprint density at radius 3 is 2.42 bits per heavy atom. The fourth-order valence-corrected chi connectivity index (χ4v) is 0.717. The molecule has 0 atom stereocenters. The van der Waals surface area contributed by atoms with Crippen LogP contribution in [0.15, 0.2) is 24.5 Å². The minimum atomic E-state index is -0.364. The van der Waals surface area contributed by atoms with Crippen molar-refractivity contribution in [3.8, 4) is 0 Å². The largest absolute Gasteiger partial charge is 1.00 e. The summed E-state index contributed by atoms with van der Waals surface area (Å²) in [5.74, 6) is -0.364. The molecule has 1 heterocycles. The van der Waals surface area contributed by atoms with Crippen LogP contribution in [0.1, 0.15) is 6.92 Å². The molecule has 0 aliphatic carbocycles. The van der Waals surface area contributed by atoms with Gasteiger partial charge >= 0.3 is 5.97 Å². The van der Waals surface area contributed by atoms with Gasteiger partial charge in [0.15, 0.2) is 0 Å². The van der Waals surface area contributed by atoms with Crippen molar-refractivity contribution in [3.05, 3.63) is 29.5 Å². The minimum absolute atomic E-state index is 0. The van der Waals surface area contributed by atoms with Gasteiger partial charge < -0.3 is 17.0 Å². The highest BCUT2D eigenvalue weighted by Gasteiger charge is 2.03. The van der Waals surface area contributed by atoms with E-state index in [4.69, 9.17) is 11.6 Å². The lowest BCUT2D eigenvalue weighted by molar-refractivity contribution is -0.869. The topological polar surface area (TPSA) is 30.2 Å². The second-order valence-corrected chi connectivity index (χ2v) is 2.40. The molecule has 0 aliphatic rings. The zero-order chi connectivity index (χ0) is 8.27. The van der Waals surface area contributed by atoms with Crippen LogP contribution in [-0.2, 0) is 4.79 Å². The maximum atomic E-state index is 10.4. The van der Waals surface area contributed by atoms with Crippen LogP contribution in [0.25, 0.3) is 0 Å². The lowest BCUT2D eigenvalue weighted by Crippen LogP contribution is -3.00. The normalized spacial score (nSPS) is 8.50. The average Bonchev–Trinajstić information content (AvgIpc) is 1.93. The summed E-state index contributed by atoms with van der Waals surface area (Å²) in [5, 5.41) is 0.605. The summed E-state index contributed by atoms with van der Waals surface area (Å²) < 4.78 is 1.29. The summed E-state index contributed by atoms with van der Waals surface area (Å²) in [6.07, 6.45) is 3.12. The monoisotopic (exact) mass is 251 g/mol. The molecule has 0 radical (unpaired) electrons. The summed E-state index contributed by atoms with van der Waals surface area (Å²) in [6.45, 7) is 1.33. The van der Waals surface area contributed by atoms with Crippen LogP contribution in [-0.4, -0.2) is 5.97 Å². The van der Waals surface area contributed by atoms with Gasteiger partial charge in [-0.1, -0.05) is 11.6 Å². The second-order valence-electron chi connectivity index (χ2n) is 1.96. The lowest BCUT2D eigenvalue weighted by atomic mass is 10.5. The maximum Gasteiger partial charge on any atom is 0.377 e. The van der Waals surface area contributed by atoms with Gasteiger partial charge in [0, 0.05) is 23.8 Å². The van der Waals surface area contributed by atoms with Crippen molar-refractivity contribution in [2.45, 2.75) is 6.92 Å². The van der Waals surface area contributed by atoms with E-state index in [9.17, 15) is 4.79 Å². The van der Waals surface area contributed by atoms with Gasteiger partial charge in [0.05, 0.1) is 5.02 Å². The number of aromatic nitrogens is 1. The number of nitrogens with zero attached hydrogens (tertiary/aromatic N) is 1. The third kappa shape index (κ3) is 3.69. The third-order valence-electron chi connectivity index (χ3n) is 0.995. The van der Waals surface area contributed by atoms with Crippen molar-refractivity contribution in [2.75, 3.05) is 0 Å². The van der Waals surface area contributed by atoms with Crippen LogP contribution in [0.5, 0.6) is 0 Å². The Morgan fingerprint density at radius 2 is 2.00 bits per heavy atom. The summed E-state index contributed by atoms with van der Waals surface area (Å²) >= 11 is 5.59. The standard InChI is InChI=1S/C7H7ClNO2.BrH/c1-6(10)11-9-4-2-7(8)3-5-9;/h2-5H,1H3;1H/q+1;/p-1. The zero-order valence-corrected chi connectivity index (χ0v) is 8.67. The highest BCUT2D eigenvalue weighted by molar-refractivity contribution is 6.30. The molecule has 66 valence electrons. The number of halogens is 2. The molecule has 1 aromatic rings. The molecule has 12 heavy (non-hydrogen) atoms. The summed E-state index contributed by atoms with van der Waals surface area (Å²) in [7, 11) is 0. The lowest BCUT2D eigenvalue weighted by Gasteiger charge is -1.90. The van der Waals surface area contributed by atoms with Crippen molar-refractivity contribution in [2.24, 2.45) is 0 Å². The summed E-state index contributed by atoms with van der Waals surface area (Å²) in [6, 6.07) is 3.26. The Kier molecular flexibility index (Phi) is 4.85. The molecular weight excluding hydrogens is 245 g/mol. The first-order valence-corrected chi connectivity index (χ1v) is 3.42. The predicted molar refractivity (Wildman–Crippen MR) is 38.9 cm³/mol. The van der Waals surface area contributed by atoms with Gasteiger partial charge in [0.2, 0.25) is 12.4 Å². The van der Waals surface area contributed by atoms with Gasteiger partial charge in [-0.25, -0.2) is 4.79 Å². The van der Waals surface area contributed by atoms with Crippen LogP contribution in [0, 0.1) is 0 Å². The molecule has 0 aliphatic heterocycles. The Bertz CT molecular complexity index is 263. The van der Waals surface area contributed by atoms with Crippen LogP contribution < -0.4 is 26.5 Å². The molecule has 3 nitrogen and oxygen atoms in total. The molecule has 0 unspecified atom stereocenters. The van der Waals surface area contributed by atoms with Crippen LogP contribution in [0.3, 0.4) is 0 Å². The number of carbonyl (C=O) groups is 1. The first-order valence-electron chi connectivity index (χ1n) is 3.04. The van der Waals surface area contributed by atoms with E-state index in [1.165, 1.54) is 11.7 Å². The van der Waals surface area contributed by atoms with Gasteiger partial charge in [-0.15, -0.1) is 0 Å². The number of carbonyl (C=O) groups excluding carboxylic acids is 1. The number of pyridine rings is 1. The van der Waals surface area contributed by atoms with Crippen molar-refractivity contribution >= 4 is 17.6 Å². The van der Waals surface area contributed by atoms with Gasteiger partial charge in [-0.2, -0.15) is 4.84 Å². The van der Waals surface area contributed by atoms with E-state index in [2.05, 4.69) is 4.84 Å². The molecule has 1 rings (SSSR count). The van der Waals surface area contributed by atoms with Gasteiger partial charge in [0.1, 0.15) is 0 Å². The van der Waals surface area contributed by atoms with E-state index >= 15 is 0 Å². The molecular formula is C7H7BrClNO2. The Morgan fingerprint density at radius 1 is 1.50 bits per heavy atom. The molecule has 0 amide bonds. The summed E-state index contributed by atoms with van der Waals surface area (Å²) in [5.41, 5.74) is 0. The minimum Gasteiger partial charge on any atom is -1.00 e. The van der Waals surface area contributed by atoms with Crippen molar-refractivity contribution in [3.63, 3.8) is 0 Å². The van der Waals surface area contributed by atoms with E-state index in [-0.39, 0.29) is 23.0 Å². The van der Waals surface area contributed by atoms with E-state index in [1.807, 2.05) is 0 Å². The SMILES string of the molecule is CC(=O)O[n+]1ccc(Cl)cc1.[Br-]. The van der Waals surface area contributed by atoms with E-state index in [0.29, 0.717) is 5.02 Å². The molecule has 0 fully saturated rings. The molecule has 0 spiro atoms. The van der Waals surface area contributed by atoms with Crippen LogP contribution in [0.2, 0.25) is 5.02 Å². The van der Waals surface area contributed by atoms with Crippen molar-refractivity contribution < 1.29 is 31.3 Å². The Balaban J connectivity index is 0.00000121. The maximum absolute atomic E-state index is 10.4. The second kappa shape index (κ2) is 5.11. The highest BCUT2D eigenvalue weighted by Crippen LogP contribution is 2.01. The van der Waals surface area contributed by atoms with Crippen molar-refractivity contribution in [1.82, 2.24) is 0 Å². The molecule has 0 saturated heterocycles. The van der Waals surface area contributed by atoms with Gasteiger partial charge in [-0.05, 0) is 0 Å². The van der Waals surface area contributed by atoms with Crippen LogP contribution in [0.4, 0.5) is 0 Å². The quantitative estimate of drug-likeness (QED) is 0.522. The van der Waals surface area contributed by atoms with E-state index in [1.54, 1.807) is 24.5 Å².